The van der Waals surface area contributed by atoms with Gasteiger partial charge in [-0.05, 0) is 31.7 Å². The summed E-state index contributed by atoms with van der Waals surface area (Å²) in [5, 5.41) is 3.60. The number of rotatable bonds is 7. The van der Waals surface area contributed by atoms with Gasteiger partial charge in [0.1, 0.15) is 0 Å². The molecule has 0 radical (unpaired) electrons. The molecule has 0 aromatic carbocycles. The van der Waals surface area contributed by atoms with Crippen LogP contribution in [0.15, 0.2) is 0 Å². The van der Waals surface area contributed by atoms with Crippen molar-refractivity contribution in [1.82, 2.24) is 5.32 Å². The lowest BCUT2D eigenvalue weighted by Gasteiger charge is -2.20. The second kappa shape index (κ2) is 7.28. The van der Waals surface area contributed by atoms with Crippen LogP contribution in [-0.2, 0) is 0 Å². The number of nitrogens with one attached hydrogen (secondary N) is 1. The van der Waals surface area contributed by atoms with Crippen LogP contribution in [0, 0.1) is 5.41 Å². The molecule has 1 nitrogen and oxygen atoms in total. The zero-order valence-corrected chi connectivity index (χ0v) is 10.8. The molecular formula is C13H29N. The van der Waals surface area contributed by atoms with E-state index in [4.69, 9.17) is 0 Å². The van der Waals surface area contributed by atoms with E-state index in [-0.39, 0.29) is 0 Å². The van der Waals surface area contributed by atoms with Crippen molar-refractivity contribution in [2.24, 2.45) is 5.41 Å². The van der Waals surface area contributed by atoms with Gasteiger partial charge in [0.25, 0.3) is 0 Å². The first-order chi connectivity index (χ1) is 6.45. The van der Waals surface area contributed by atoms with E-state index in [0.29, 0.717) is 11.5 Å². The second-order valence-electron chi connectivity index (χ2n) is 5.66. The normalized spacial score (nSPS) is 14.4. The highest BCUT2D eigenvalue weighted by Crippen LogP contribution is 2.17. The summed E-state index contributed by atoms with van der Waals surface area (Å²) in [7, 11) is 0. The van der Waals surface area contributed by atoms with Gasteiger partial charge in [0, 0.05) is 6.04 Å². The van der Waals surface area contributed by atoms with Crippen LogP contribution in [0.4, 0.5) is 0 Å². The Labute approximate surface area is 90.7 Å². The average Bonchev–Trinajstić information content (AvgIpc) is 2.02. The lowest BCUT2D eigenvalue weighted by atomic mass is 9.92. The molecule has 0 saturated heterocycles. The third-order valence-electron chi connectivity index (χ3n) is 2.61. The average molecular weight is 199 g/mol. The maximum atomic E-state index is 3.60. The first-order valence-corrected chi connectivity index (χ1v) is 6.19. The van der Waals surface area contributed by atoms with E-state index >= 15 is 0 Å². The molecule has 0 amide bonds. The highest BCUT2D eigenvalue weighted by molar-refractivity contribution is 4.66. The van der Waals surface area contributed by atoms with Crippen LogP contribution in [0.5, 0.6) is 0 Å². The van der Waals surface area contributed by atoms with Gasteiger partial charge < -0.3 is 5.32 Å². The van der Waals surface area contributed by atoms with Gasteiger partial charge in [-0.1, -0.05) is 47.0 Å². The largest absolute Gasteiger partial charge is 0.314 e. The van der Waals surface area contributed by atoms with E-state index < -0.39 is 0 Å². The first-order valence-electron chi connectivity index (χ1n) is 6.19. The first kappa shape index (κ1) is 14.0. The van der Waals surface area contributed by atoms with Crippen LogP contribution in [-0.4, -0.2) is 12.6 Å². The fourth-order valence-electron chi connectivity index (χ4n) is 1.50. The second-order valence-corrected chi connectivity index (χ2v) is 5.66. The van der Waals surface area contributed by atoms with Crippen LogP contribution in [0.2, 0.25) is 0 Å². The number of hydrogen-bond donors (Lipinski definition) is 1. The summed E-state index contributed by atoms with van der Waals surface area (Å²) in [4.78, 5) is 0. The van der Waals surface area contributed by atoms with Gasteiger partial charge in [0.15, 0.2) is 0 Å². The smallest absolute Gasteiger partial charge is 0.00387 e. The molecule has 0 spiro atoms. The van der Waals surface area contributed by atoms with Crippen molar-refractivity contribution >= 4 is 0 Å². The number of hydrogen-bond acceptors (Lipinski definition) is 1. The lowest BCUT2D eigenvalue weighted by Crippen LogP contribution is -2.29. The zero-order chi connectivity index (χ0) is 11.0. The molecule has 0 rings (SSSR count). The van der Waals surface area contributed by atoms with Crippen LogP contribution in [0.1, 0.15) is 66.7 Å². The van der Waals surface area contributed by atoms with Gasteiger partial charge in [-0.15, -0.1) is 0 Å². The zero-order valence-electron chi connectivity index (χ0n) is 10.8. The SMILES string of the molecule is CCCCCC(C)NCCC(C)(C)C. The molecule has 0 bridgehead atoms. The van der Waals surface area contributed by atoms with Crippen molar-refractivity contribution in [1.29, 1.82) is 0 Å². The van der Waals surface area contributed by atoms with Gasteiger partial charge in [-0.3, -0.25) is 0 Å². The Balaban J connectivity index is 3.31. The predicted molar refractivity (Wildman–Crippen MR) is 65.7 cm³/mol. The van der Waals surface area contributed by atoms with Crippen LogP contribution >= 0.6 is 0 Å². The van der Waals surface area contributed by atoms with E-state index in [0.717, 1.165) is 6.54 Å². The Morgan fingerprint density at radius 2 is 1.79 bits per heavy atom. The van der Waals surface area contributed by atoms with E-state index in [1.54, 1.807) is 0 Å². The van der Waals surface area contributed by atoms with Crippen molar-refractivity contribution in [3.8, 4) is 0 Å². The van der Waals surface area contributed by atoms with Crippen molar-refractivity contribution in [2.75, 3.05) is 6.54 Å². The van der Waals surface area contributed by atoms with Gasteiger partial charge in [0.05, 0.1) is 0 Å². The molecule has 0 aromatic rings. The van der Waals surface area contributed by atoms with Gasteiger partial charge in [0.2, 0.25) is 0 Å². The Hall–Kier alpha value is -0.0400. The summed E-state index contributed by atoms with van der Waals surface area (Å²) in [5.41, 5.74) is 0.468. The fraction of sp³-hybridized carbons (Fsp3) is 1.00. The van der Waals surface area contributed by atoms with E-state index in [1.165, 1.54) is 32.1 Å². The molecular weight excluding hydrogens is 170 g/mol. The molecule has 0 aliphatic rings. The molecule has 0 aliphatic carbocycles. The predicted octanol–water partition coefficient (Wildman–Crippen LogP) is 3.98. The highest BCUT2D eigenvalue weighted by Gasteiger charge is 2.09. The molecule has 86 valence electrons. The molecule has 1 heteroatoms. The molecule has 1 unspecified atom stereocenters. The summed E-state index contributed by atoms with van der Waals surface area (Å²) in [6, 6.07) is 0.698. The quantitative estimate of drug-likeness (QED) is 0.612. The third kappa shape index (κ3) is 10.0. The molecule has 1 atom stereocenters. The maximum Gasteiger partial charge on any atom is 0.00387 e. The van der Waals surface area contributed by atoms with Crippen LogP contribution in [0.25, 0.3) is 0 Å². The topological polar surface area (TPSA) is 12.0 Å². The lowest BCUT2D eigenvalue weighted by molar-refractivity contribution is 0.352. The summed E-state index contributed by atoms with van der Waals surface area (Å²) in [5.74, 6) is 0. The van der Waals surface area contributed by atoms with Crippen LogP contribution in [0.3, 0.4) is 0 Å². The maximum absolute atomic E-state index is 3.60. The Kier molecular flexibility index (Phi) is 7.26. The fourth-order valence-corrected chi connectivity index (χ4v) is 1.50. The molecule has 0 aliphatic heterocycles. The standard InChI is InChI=1S/C13H29N/c1-6-7-8-9-12(2)14-11-10-13(3,4)5/h12,14H,6-11H2,1-5H3. The van der Waals surface area contributed by atoms with Crippen LogP contribution < -0.4 is 5.32 Å². The van der Waals surface area contributed by atoms with E-state index in [2.05, 4.69) is 39.9 Å². The molecule has 0 aromatic heterocycles. The van der Waals surface area contributed by atoms with Crippen molar-refractivity contribution in [3.05, 3.63) is 0 Å². The Morgan fingerprint density at radius 1 is 1.14 bits per heavy atom. The third-order valence-corrected chi connectivity index (χ3v) is 2.61. The Morgan fingerprint density at radius 3 is 2.29 bits per heavy atom. The van der Waals surface area contributed by atoms with Crippen molar-refractivity contribution < 1.29 is 0 Å². The minimum absolute atomic E-state index is 0.468. The molecule has 0 fully saturated rings. The molecule has 0 heterocycles. The summed E-state index contributed by atoms with van der Waals surface area (Å²) in [6.07, 6.45) is 6.68. The van der Waals surface area contributed by atoms with Crippen molar-refractivity contribution in [3.63, 3.8) is 0 Å². The van der Waals surface area contributed by atoms with Gasteiger partial charge >= 0.3 is 0 Å². The molecule has 0 saturated carbocycles. The van der Waals surface area contributed by atoms with Crippen molar-refractivity contribution in [2.45, 2.75) is 72.8 Å². The minimum Gasteiger partial charge on any atom is -0.314 e. The van der Waals surface area contributed by atoms with E-state index in [9.17, 15) is 0 Å². The highest BCUT2D eigenvalue weighted by atomic mass is 14.9. The van der Waals surface area contributed by atoms with Gasteiger partial charge in [-0.25, -0.2) is 0 Å². The summed E-state index contributed by atoms with van der Waals surface area (Å²) < 4.78 is 0. The monoisotopic (exact) mass is 199 g/mol. The Bertz CT molecular complexity index is 124. The molecule has 14 heavy (non-hydrogen) atoms. The molecule has 1 N–H and O–H groups in total. The van der Waals surface area contributed by atoms with Gasteiger partial charge in [-0.2, -0.15) is 0 Å². The summed E-state index contributed by atoms with van der Waals surface area (Å²) in [6.45, 7) is 12.6. The van der Waals surface area contributed by atoms with E-state index in [1.807, 2.05) is 0 Å². The minimum atomic E-state index is 0.468. The number of unbranched alkanes of at least 4 members (excludes halogenated alkanes) is 2. The summed E-state index contributed by atoms with van der Waals surface area (Å²) >= 11 is 0.